The van der Waals surface area contributed by atoms with Crippen molar-refractivity contribution in [2.24, 2.45) is 5.92 Å². The first-order valence-corrected chi connectivity index (χ1v) is 7.16. The maximum atomic E-state index is 12.0. The molecule has 0 unspecified atom stereocenters. The van der Waals surface area contributed by atoms with Crippen molar-refractivity contribution in [3.05, 3.63) is 30.1 Å². The lowest BCUT2D eigenvalue weighted by Gasteiger charge is -2.40. The number of hydrogen-bond donors (Lipinski definition) is 1. The number of carbonyl (C=O) groups is 1. The molecule has 8 heteroatoms. The summed E-state index contributed by atoms with van der Waals surface area (Å²) in [6.07, 6.45) is 1.04. The quantitative estimate of drug-likeness (QED) is 0.677. The summed E-state index contributed by atoms with van der Waals surface area (Å²) in [4.78, 5) is 29.7. The van der Waals surface area contributed by atoms with Gasteiger partial charge >= 0.3 is 6.09 Å². The van der Waals surface area contributed by atoms with E-state index in [1.807, 2.05) is 6.92 Å². The highest BCUT2D eigenvalue weighted by Gasteiger charge is 2.34. The minimum absolute atomic E-state index is 0.0666. The molecule has 0 spiro atoms. The van der Waals surface area contributed by atoms with Gasteiger partial charge in [0.2, 0.25) is 0 Å². The van der Waals surface area contributed by atoms with Gasteiger partial charge in [0.05, 0.1) is 11.4 Å². The van der Waals surface area contributed by atoms with E-state index in [2.05, 4.69) is 24.8 Å². The van der Waals surface area contributed by atoms with Crippen molar-refractivity contribution in [2.45, 2.75) is 19.4 Å². The topological polar surface area (TPSA) is 78.7 Å². The van der Waals surface area contributed by atoms with Gasteiger partial charge in [-0.1, -0.05) is 11.8 Å². The van der Waals surface area contributed by atoms with E-state index in [1.165, 1.54) is 9.80 Å². The Morgan fingerprint density at radius 1 is 1.70 bits per heavy atom. The lowest BCUT2D eigenvalue weighted by molar-refractivity contribution is 0.110. The molecule has 1 aliphatic heterocycles. The van der Waals surface area contributed by atoms with Crippen LogP contribution in [0.15, 0.2) is 18.6 Å². The lowest BCUT2D eigenvalue weighted by Crippen LogP contribution is -2.52. The van der Waals surface area contributed by atoms with E-state index in [-0.39, 0.29) is 24.6 Å². The van der Waals surface area contributed by atoms with E-state index in [1.54, 1.807) is 12.3 Å². The highest BCUT2D eigenvalue weighted by Crippen LogP contribution is 2.28. The molecule has 0 bridgehead atoms. The number of carbonyl (C=O) groups excluding carboxylic acids is 1. The fourth-order valence-electron chi connectivity index (χ4n) is 2.80. The van der Waals surface area contributed by atoms with Crippen LogP contribution >= 0.6 is 0 Å². The summed E-state index contributed by atoms with van der Waals surface area (Å²) in [7, 11) is 0. The molecule has 1 amide bonds. The number of H-pyrrole nitrogens is 1. The van der Waals surface area contributed by atoms with Gasteiger partial charge in [0.25, 0.3) is 0 Å². The fraction of sp³-hybridized carbons (Fsp3) is 0.467. The Bertz CT molecular complexity index is 893. The summed E-state index contributed by atoms with van der Waals surface area (Å²) < 4.78 is 32.0. The van der Waals surface area contributed by atoms with Crippen LogP contribution in [0.4, 0.5) is 10.6 Å². The molecule has 0 saturated carbocycles. The van der Waals surface area contributed by atoms with Crippen molar-refractivity contribution in [1.82, 2.24) is 19.9 Å². The number of likely N-dealkylation sites (tertiary alicyclic amines) is 1. The van der Waals surface area contributed by atoms with E-state index >= 15 is 0 Å². The lowest BCUT2D eigenvalue weighted by atomic mass is 9.92. The smallest absolute Gasteiger partial charge is 0.354 e. The Morgan fingerprint density at radius 3 is 3.35 bits per heavy atom. The van der Waals surface area contributed by atoms with Crippen LogP contribution in [-0.2, 0) is 4.84 Å². The molecule has 1 fully saturated rings. The van der Waals surface area contributed by atoms with Gasteiger partial charge in [0.1, 0.15) is 19.1 Å². The molecule has 0 radical (unpaired) electrons. The van der Waals surface area contributed by atoms with Crippen molar-refractivity contribution >= 4 is 22.9 Å². The van der Waals surface area contributed by atoms with E-state index < -0.39 is 19.1 Å². The van der Waals surface area contributed by atoms with Gasteiger partial charge in [0.15, 0.2) is 0 Å². The van der Waals surface area contributed by atoms with Crippen molar-refractivity contribution in [1.29, 1.82) is 0 Å². The van der Waals surface area contributed by atoms with E-state index in [4.69, 9.17) is 12.1 Å². The van der Waals surface area contributed by atoms with Crippen molar-refractivity contribution in [3.8, 4) is 0 Å². The number of anilines is 1. The number of aromatic nitrogens is 3. The third-order valence-electron chi connectivity index (χ3n) is 4.14. The predicted molar refractivity (Wildman–Crippen MR) is 84.5 cm³/mol. The van der Waals surface area contributed by atoms with Crippen LogP contribution in [0.3, 0.4) is 0 Å². The fourth-order valence-corrected chi connectivity index (χ4v) is 2.80. The Hall–Kier alpha value is -2.82. The molecule has 23 heavy (non-hydrogen) atoms. The zero-order valence-electron chi connectivity index (χ0n) is 16.5. The second-order valence-electron chi connectivity index (χ2n) is 5.48. The van der Waals surface area contributed by atoms with Crippen molar-refractivity contribution < 1.29 is 15.1 Å². The van der Waals surface area contributed by atoms with Crippen LogP contribution in [0.1, 0.15) is 18.8 Å². The molecule has 1 N–H and O–H groups in total. The van der Waals surface area contributed by atoms with Gasteiger partial charge in [-0.25, -0.2) is 14.8 Å². The third kappa shape index (κ3) is 2.77. The first-order valence-electron chi connectivity index (χ1n) is 9.16. The Kier molecular flexibility index (Phi) is 2.88. The van der Waals surface area contributed by atoms with Crippen LogP contribution in [0.5, 0.6) is 0 Å². The Labute approximate surface area is 139 Å². The maximum Gasteiger partial charge on any atom is 0.493 e. The van der Waals surface area contributed by atoms with Crippen molar-refractivity contribution in [2.75, 3.05) is 25.0 Å². The zero-order valence-corrected chi connectivity index (χ0v) is 12.5. The number of nitrogens with zero attached hydrogens (tertiary/aromatic N) is 5. The molecule has 0 aromatic carbocycles. The molecule has 2 aromatic heterocycles. The number of aromatic amines is 1. The maximum absolute atomic E-state index is 12.0. The summed E-state index contributed by atoms with van der Waals surface area (Å²) in [6, 6.07) is 1.05. The summed E-state index contributed by atoms with van der Waals surface area (Å²) in [6.45, 7) is 6.45. The van der Waals surface area contributed by atoms with Crippen LogP contribution < -0.4 is 4.90 Å². The van der Waals surface area contributed by atoms with Crippen LogP contribution in [0.2, 0.25) is 0 Å². The van der Waals surface area contributed by atoms with Gasteiger partial charge in [0, 0.05) is 30.4 Å². The molecule has 2 atom stereocenters. The van der Waals surface area contributed by atoms with E-state index in [0.29, 0.717) is 24.0 Å². The standard InChI is InChI=1S/C15H18N6O2/c1-10-5-7-21(15(22)23-16-2)8-12(10)20(3)14-11-4-6-17-13(11)18-9-19-14/h4,6,9-10,12H,5,7-8H2,1,3H3,(H,17,18,19)/t10-,12+/m1/s1/i3D3,9D. The van der Waals surface area contributed by atoms with Crippen molar-refractivity contribution in [3.63, 3.8) is 0 Å². The number of fused-ring (bicyclic) bond motifs is 1. The van der Waals surface area contributed by atoms with E-state index in [9.17, 15) is 4.79 Å². The Morgan fingerprint density at radius 2 is 2.57 bits per heavy atom. The zero-order chi connectivity index (χ0) is 19.8. The second-order valence-corrected chi connectivity index (χ2v) is 5.48. The molecule has 0 aliphatic carbocycles. The SMILES string of the molecule is [2H]c1nc(N([C@H]2CN(C(=O)O[N+]#[C-])CC[C@H]2C)C([2H])([2H])[2H])c2cc[nH]c2n1. The molecule has 1 aliphatic rings. The summed E-state index contributed by atoms with van der Waals surface area (Å²) in [5, 5.41) is 3.12. The minimum atomic E-state index is -2.56. The van der Waals surface area contributed by atoms with Gasteiger partial charge in [-0.15, -0.1) is 0 Å². The van der Waals surface area contributed by atoms with Crippen LogP contribution in [0, 0.1) is 12.5 Å². The van der Waals surface area contributed by atoms with Crippen LogP contribution in [-0.4, -0.2) is 52.1 Å². The minimum Gasteiger partial charge on any atom is -0.354 e. The van der Waals surface area contributed by atoms with Crippen LogP contribution in [0.25, 0.3) is 16.0 Å². The van der Waals surface area contributed by atoms with Gasteiger partial charge in [-0.05, 0) is 23.4 Å². The normalized spacial score (nSPS) is 24.1. The Balaban J connectivity index is 2.05. The molecule has 1 saturated heterocycles. The largest absolute Gasteiger partial charge is 0.493 e. The molecule has 3 heterocycles. The molecule has 3 rings (SSSR count). The highest BCUT2D eigenvalue weighted by atomic mass is 16.7. The average Bonchev–Trinajstić information content (AvgIpc) is 3.04. The average molecular weight is 318 g/mol. The molecular weight excluding hydrogens is 296 g/mol. The third-order valence-corrected chi connectivity index (χ3v) is 4.14. The first kappa shape index (κ1) is 10.8. The summed E-state index contributed by atoms with van der Waals surface area (Å²) >= 11 is 0. The summed E-state index contributed by atoms with van der Waals surface area (Å²) in [5.41, 5.74) is 0.368. The van der Waals surface area contributed by atoms with Gasteiger partial charge < -0.3 is 9.88 Å². The number of hydrogen-bond acceptors (Lipinski definition) is 5. The summed E-state index contributed by atoms with van der Waals surface area (Å²) in [5.74, 6) is 0.0454. The van der Waals surface area contributed by atoms with Gasteiger partial charge in [-0.3, -0.25) is 4.90 Å². The highest BCUT2D eigenvalue weighted by molar-refractivity contribution is 5.87. The molecule has 120 valence electrons. The molecule has 8 nitrogen and oxygen atoms in total. The first-order chi connectivity index (χ1) is 12.7. The monoisotopic (exact) mass is 318 g/mol. The number of piperidine rings is 1. The number of likely N-dealkylation sites (N-methyl/N-ethyl adjacent to an activating group) is 1. The molecule has 2 aromatic rings. The number of amides is 1. The number of rotatable bonds is 2. The number of nitrogens with one attached hydrogen (secondary N) is 1. The van der Waals surface area contributed by atoms with Gasteiger partial charge in [-0.2, -0.15) is 6.57 Å². The predicted octanol–water partition coefficient (Wildman–Crippen LogP) is 2.08. The van der Waals surface area contributed by atoms with E-state index in [0.717, 1.165) is 0 Å². The second kappa shape index (κ2) is 6.12. The molecular formula is C15H18N6O2.